The molecule has 1 heterocycles. The van der Waals surface area contributed by atoms with Crippen molar-refractivity contribution in [1.82, 2.24) is 4.90 Å². The maximum atomic E-state index is 12.5. The normalized spacial score (nSPS) is 24.7. The fourth-order valence-electron chi connectivity index (χ4n) is 3.77. The molecular formula is C18H25NO2. The Labute approximate surface area is 127 Å². The maximum Gasteiger partial charge on any atom is 0.227 e. The molecular weight excluding hydrogens is 262 g/mol. The predicted octanol–water partition coefficient (Wildman–Crippen LogP) is 3.28. The second-order valence-corrected chi connectivity index (χ2v) is 6.36. The standard InChI is InChI=1S/C18H25NO2/c1-2-21-17-9-7-14(8-10-17)11-18(20)19-12-15-5-3-4-6-16(15)13-19/h7-10,15-16H,2-6,11-13H2,1H3. The minimum absolute atomic E-state index is 0.286. The Balaban J connectivity index is 1.56. The number of rotatable bonds is 4. The van der Waals surface area contributed by atoms with Gasteiger partial charge >= 0.3 is 0 Å². The van der Waals surface area contributed by atoms with Crippen LogP contribution in [-0.2, 0) is 11.2 Å². The zero-order valence-corrected chi connectivity index (χ0v) is 12.9. The number of likely N-dealkylation sites (tertiary alicyclic amines) is 1. The Bertz CT molecular complexity index is 468. The number of carbonyl (C=O) groups excluding carboxylic acids is 1. The molecule has 3 heteroatoms. The SMILES string of the molecule is CCOc1ccc(CC(=O)N2CC3CCCCC3C2)cc1. The van der Waals surface area contributed by atoms with Crippen molar-refractivity contribution in [3.8, 4) is 5.75 Å². The van der Waals surface area contributed by atoms with Crippen molar-refractivity contribution in [1.29, 1.82) is 0 Å². The molecule has 3 nitrogen and oxygen atoms in total. The zero-order valence-electron chi connectivity index (χ0n) is 12.9. The molecule has 3 rings (SSSR count). The molecule has 2 aliphatic rings. The van der Waals surface area contributed by atoms with E-state index >= 15 is 0 Å². The van der Waals surface area contributed by atoms with Crippen LogP contribution in [0.1, 0.15) is 38.2 Å². The number of benzene rings is 1. The number of amides is 1. The molecule has 21 heavy (non-hydrogen) atoms. The van der Waals surface area contributed by atoms with Crippen molar-refractivity contribution in [2.75, 3.05) is 19.7 Å². The van der Waals surface area contributed by atoms with Gasteiger partial charge in [0.2, 0.25) is 5.91 Å². The first-order chi connectivity index (χ1) is 10.3. The lowest BCUT2D eigenvalue weighted by Gasteiger charge is -2.22. The summed E-state index contributed by atoms with van der Waals surface area (Å²) >= 11 is 0. The Kier molecular flexibility index (Phi) is 4.47. The quantitative estimate of drug-likeness (QED) is 0.850. The fraction of sp³-hybridized carbons (Fsp3) is 0.611. The molecule has 1 amide bonds. The summed E-state index contributed by atoms with van der Waals surface area (Å²) in [5.41, 5.74) is 1.08. The van der Waals surface area contributed by atoms with E-state index in [4.69, 9.17) is 4.74 Å². The molecule has 2 unspecified atom stereocenters. The lowest BCUT2D eigenvalue weighted by molar-refractivity contribution is -0.129. The summed E-state index contributed by atoms with van der Waals surface area (Å²) in [6, 6.07) is 7.92. The molecule has 1 saturated heterocycles. The average molecular weight is 287 g/mol. The first-order valence-electron chi connectivity index (χ1n) is 8.25. The highest BCUT2D eigenvalue weighted by molar-refractivity contribution is 5.79. The van der Waals surface area contributed by atoms with Gasteiger partial charge in [-0.1, -0.05) is 25.0 Å². The van der Waals surface area contributed by atoms with Gasteiger partial charge in [0.15, 0.2) is 0 Å². The van der Waals surface area contributed by atoms with Crippen molar-refractivity contribution in [2.24, 2.45) is 11.8 Å². The Morgan fingerprint density at radius 2 is 1.76 bits per heavy atom. The number of carbonyl (C=O) groups is 1. The number of ether oxygens (including phenoxy) is 1. The number of hydrogen-bond donors (Lipinski definition) is 0. The molecule has 0 radical (unpaired) electrons. The van der Waals surface area contributed by atoms with Crippen molar-refractivity contribution in [2.45, 2.75) is 39.0 Å². The van der Waals surface area contributed by atoms with Crippen LogP contribution in [-0.4, -0.2) is 30.5 Å². The Morgan fingerprint density at radius 1 is 1.14 bits per heavy atom. The summed E-state index contributed by atoms with van der Waals surface area (Å²) in [5, 5.41) is 0. The van der Waals surface area contributed by atoms with Gasteiger partial charge in [-0.2, -0.15) is 0 Å². The van der Waals surface area contributed by atoms with E-state index in [2.05, 4.69) is 4.90 Å². The third kappa shape index (κ3) is 3.39. The zero-order chi connectivity index (χ0) is 14.7. The van der Waals surface area contributed by atoms with E-state index in [0.717, 1.165) is 36.2 Å². The van der Waals surface area contributed by atoms with E-state index in [9.17, 15) is 4.79 Å². The largest absolute Gasteiger partial charge is 0.494 e. The van der Waals surface area contributed by atoms with E-state index in [1.807, 2.05) is 31.2 Å². The number of hydrogen-bond acceptors (Lipinski definition) is 2. The van der Waals surface area contributed by atoms with Gasteiger partial charge in [-0.25, -0.2) is 0 Å². The van der Waals surface area contributed by atoms with Gasteiger partial charge in [0.1, 0.15) is 5.75 Å². The molecule has 2 atom stereocenters. The van der Waals surface area contributed by atoms with E-state index in [0.29, 0.717) is 13.0 Å². The summed E-state index contributed by atoms with van der Waals surface area (Å²) in [7, 11) is 0. The van der Waals surface area contributed by atoms with Gasteiger partial charge in [0.25, 0.3) is 0 Å². The third-order valence-electron chi connectivity index (χ3n) is 4.92. The molecule has 1 aromatic carbocycles. The molecule has 0 spiro atoms. The summed E-state index contributed by atoms with van der Waals surface area (Å²) in [5.74, 6) is 2.69. The highest BCUT2D eigenvalue weighted by Crippen LogP contribution is 2.36. The van der Waals surface area contributed by atoms with Crippen molar-refractivity contribution >= 4 is 5.91 Å². The van der Waals surface area contributed by atoms with Crippen LogP contribution >= 0.6 is 0 Å². The third-order valence-corrected chi connectivity index (χ3v) is 4.92. The minimum Gasteiger partial charge on any atom is -0.494 e. The van der Waals surface area contributed by atoms with Gasteiger partial charge in [0.05, 0.1) is 13.0 Å². The van der Waals surface area contributed by atoms with Crippen molar-refractivity contribution in [3.05, 3.63) is 29.8 Å². The number of nitrogens with zero attached hydrogens (tertiary/aromatic N) is 1. The molecule has 1 aliphatic carbocycles. The van der Waals surface area contributed by atoms with Crippen LogP contribution in [0.2, 0.25) is 0 Å². The molecule has 0 aromatic heterocycles. The highest BCUT2D eigenvalue weighted by Gasteiger charge is 2.36. The summed E-state index contributed by atoms with van der Waals surface area (Å²) in [6.45, 7) is 4.63. The van der Waals surface area contributed by atoms with Gasteiger partial charge in [0, 0.05) is 13.1 Å². The molecule has 0 bridgehead atoms. The fourth-order valence-corrected chi connectivity index (χ4v) is 3.77. The van der Waals surface area contributed by atoms with Crippen molar-refractivity contribution in [3.63, 3.8) is 0 Å². The Morgan fingerprint density at radius 3 is 2.33 bits per heavy atom. The number of fused-ring (bicyclic) bond motifs is 1. The van der Waals surface area contributed by atoms with Gasteiger partial charge in [-0.3, -0.25) is 4.79 Å². The first-order valence-corrected chi connectivity index (χ1v) is 8.25. The topological polar surface area (TPSA) is 29.5 Å². The molecule has 1 saturated carbocycles. The van der Waals surface area contributed by atoms with Crippen LogP contribution in [0, 0.1) is 11.8 Å². The van der Waals surface area contributed by atoms with Crippen LogP contribution in [0.4, 0.5) is 0 Å². The minimum atomic E-state index is 0.286. The second kappa shape index (κ2) is 6.50. The van der Waals surface area contributed by atoms with Crippen LogP contribution in [0.25, 0.3) is 0 Å². The summed E-state index contributed by atoms with van der Waals surface area (Å²) in [4.78, 5) is 14.6. The molecule has 1 aromatic rings. The maximum absolute atomic E-state index is 12.5. The van der Waals surface area contributed by atoms with Crippen molar-refractivity contribution < 1.29 is 9.53 Å². The first kappa shape index (κ1) is 14.4. The second-order valence-electron chi connectivity index (χ2n) is 6.36. The lowest BCUT2D eigenvalue weighted by atomic mass is 9.82. The molecule has 0 N–H and O–H groups in total. The van der Waals surface area contributed by atoms with E-state index < -0.39 is 0 Å². The van der Waals surface area contributed by atoms with Gasteiger partial charge in [-0.05, 0) is 49.3 Å². The molecule has 114 valence electrons. The van der Waals surface area contributed by atoms with Crippen LogP contribution in [0.5, 0.6) is 5.75 Å². The highest BCUT2D eigenvalue weighted by atomic mass is 16.5. The van der Waals surface area contributed by atoms with Gasteiger partial charge in [-0.15, -0.1) is 0 Å². The molecule has 1 aliphatic heterocycles. The summed E-state index contributed by atoms with van der Waals surface area (Å²) in [6.07, 6.45) is 5.85. The summed E-state index contributed by atoms with van der Waals surface area (Å²) < 4.78 is 5.43. The average Bonchev–Trinajstić information content (AvgIpc) is 2.94. The molecule has 2 fully saturated rings. The Hall–Kier alpha value is -1.51. The van der Waals surface area contributed by atoms with E-state index in [1.54, 1.807) is 0 Å². The lowest BCUT2D eigenvalue weighted by Crippen LogP contribution is -2.30. The smallest absolute Gasteiger partial charge is 0.227 e. The van der Waals surface area contributed by atoms with Crippen LogP contribution in [0.3, 0.4) is 0 Å². The van der Waals surface area contributed by atoms with Crippen LogP contribution < -0.4 is 4.74 Å². The monoisotopic (exact) mass is 287 g/mol. The van der Waals surface area contributed by atoms with Gasteiger partial charge < -0.3 is 9.64 Å². The van der Waals surface area contributed by atoms with Crippen LogP contribution in [0.15, 0.2) is 24.3 Å². The van der Waals surface area contributed by atoms with E-state index in [-0.39, 0.29) is 5.91 Å². The predicted molar refractivity (Wildman–Crippen MR) is 83.3 cm³/mol. The van der Waals surface area contributed by atoms with E-state index in [1.165, 1.54) is 25.7 Å².